The minimum absolute atomic E-state index is 0.144. The normalized spacial score (nSPS) is 10.8. The van der Waals surface area contributed by atoms with Crippen molar-refractivity contribution in [3.05, 3.63) is 60.1 Å². The molecule has 3 heterocycles. The van der Waals surface area contributed by atoms with Crippen LogP contribution in [0.15, 0.2) is 56.2 Å². The molecule has 8 nitrogen and oxygen atoms in total. The first kappa shape index (κ1) is 15.6. The predicted molar refractivity (Wildman–Crippen MR) is 82.1 cm³/mol. The van der Waals surface area contributed by atoms with Gasteiger partial charge in [-0.25, -0.2) is 0 Å². The Balaban J connectivity index is 1.62. The van der Waals surface area contributed by atoms with Crippen LogP contribution in [0.3, 0.4) is 0 Å². The number of rotatable bonds is 5. The highest BCUT2D eigenvalue weighted by atomic mass is 16.5. The Bertz CT molecular complexity index is 771. The molecule has 24 heavy (non-hydrogen) atoms. The molecule has 2 N–H and O–H groups in total. The standard InChI is InChI=1S/C16H15N3O5/c1-10-8-14(19-24-10)18-16(21)15(20)17-9-11(12-4-2-6-22-12)13-5-3-7-23-13/h2-8,11H,9H2,1H3,(H,17,20)(H,18,19,21). The van der Waals surface area contributed by atoms with Gasteiger partial charge < -0.3 is 18.7 Å². The summed E-state index contributed by atoms with van der Waals surface area (Å²) < 4.78 is 15.6. The van der Waals surface area contributed by atoms with Gasteiger partial charge in [0.05, 0.1) is 18.4 Å². The first-order valence-electron chi connectivity index (χ1n) is 7.23. The lowest BCUT2D eigenvalue weighted by atomic mass is 10.0. The van der Waals surface area contributed by atoms with E-state index in [-0.39, 0.29) is 18.3 Å². The fraction of sp³-hybridized carbons (Fsp3) is 0.188. The van der Waals surface area contributed by atoms with Gasteiger partial charge in [-0.2, -0.15) is 0 Å². The minimum atomic E-state index is -0.832. The molecule has 0 unspecified atom stereocenters. The number of nitrogens with zero attached hydrogens (tertiary/aromatic N) is 1. The molecule has 0 aromatic carbocycles. The van der Waals surface area contributed by atoms with E-state index in [1.54, 1.807) is 31.2 Å². The van der Waals surface area contributed by atoms with Crippen LogP contribution in [0.5, 0.6) is 0 Å². The molecule has 124 valence electrons. The van der Waals surface area contributed by atoms with E-state index in [0.717, 1.165) is 0 Å². The van der Waals surface area contributed by atoms with Crippen LogP contribution in [-0.4, -0.2) is 23.5 Å². The van der Waals surface area contributed by atoms with Crippen LogP contribution in [0.2, 0.25) is 0 Å². The van der Waals surface area contributed by atoms with Gasteiger partial charge in [0.15, 0.2) is 5.82 Å². The highest BCUT2D eigenvalue weighted by molar-refractivity contribution is 6.39. The molecular formula is C16H15N3O5. The van der Waals surface area contributed by atoms with Crippen molar-refractivity contribution in [1.82, 2.24) is 10.5 Å². The molecule has 3 rings (SSSR count). The maximum Gasteiger partial charge on any atom is 0.314 e. The first-order chi connectivity index (χ1) is 11.6. The number of carbonyl (C=O) groups excluding carboxylic acids is 2. The summed E-state index contributed by atoms with van der Waals surface area (Å²) in [6, 6.07) is 8.55. The summed E-state index contributed by atoms with van der Waals surface area (Å²) in [7, 11) is 0. The number of anilines is 1. The molecule has 0 aliphatic rings. The largest absolute Gasteiger partial charge is 0.469 e. The number of hydrogen-bond acceptors (Lipinski definition) is 6. The van der Waals surface area contributed by atoms with Gasteiger partial charge in [-0.05, 0) is 31.2 Å². The summed E-state index contributed by atoms with van der Waals surface area (Å²) >= 11 is 0. The summed E-state index contributed by atoms with van der Waals surface area (Å²) in [5.41, 5.74) is 0. The number of hydrogen-bond donors (Lipinski definition) is 2. The molecule has 0 spiro atoms. The molecule has 0 saturated carbocycles. The molecule has 8 heteroatoms. The molecule has 3 aromatic heterocycles. The van der Waals surface area contributed by atoms with Crippen molar-refractivity contribution in [3.8, 4) is 0 Å². The monoisotopic (exact) mass is 329 g/mol. The molecule has 0 aliphatic carbocycles. The SMILES string of the molecule is Cc1cc(NC(=O)C(=O)NCC(c2ccco2)c2ccco2)no1. The highest BCUT2D eigenvalue weighted by Gasteiger charge is 2.23. The lowest BCUT2D eigenvalue weighted by Gasteiger charge is -2.13. The van der Waals surface area contributed by atoms with E-state index >= 15 is 0 Å². The maximum atomic E-state index is 12.0. The summed E-state index contributed by atoms with van der Waals surface area (Å²) in [6.45, 7) is 1.82. The second kappa shape index (κ2) is 6.86. The van der Waals surface area contributed by atoms with Crippen molar-refractivity contribution in [1.29, 1.82) is 0 Å². The van der Waals surface area contributed by atoms with Crippen molar-refractivity contribution in [3.63, 3.8) is 0 Å². The van der Waals surface area contributed by atoms with Gasteiger partial charge in [-0.1, -0.05) is 5.16 Å². The second-order valence-corrected chi connectivity index (χ2v) is 5.07. The van der Waals surface area contributed by atoms with Gasteiger partial charge in [0.1, 0.15) is 17.3 Å². The first-order valence-corrected chi connectivity index (χ1v) is 7.23. The third-order valence-corrected chi connectivity index (χ3v) is 3.32. The quantitative estimate of drug-likeness (QED) is 0.693. The van der Waals surface area contributed by atoms with E-state index < -0.39 is 11.8 Å². The summed E-state index contributed by atoms with van der Waals surface area (Å²) in [5.74, 6) is -0.000928. The molecule has 3 aromatic rings. The number of aryl methyl sites for hydroxylation is 1. The van der Waals surface area contributed by atoms with E-state index in [0.29, 0.717) is 17.3 Å². The van der Waals surface area contributed by atoms with Crippen molar-refractivity contribution in [2.45, 2.75) is 12.8 Å². The summed E-state index contributed by atoms with van der Waals surface area (Å²) in [5, 5.41) is 8.51. The van der Waals surface area contributed by atoms with Gasteiger partial charge in [-0.3, -0.25) is 14.9 Å². The molecule has 0 bridgehead atoms. The average molecular weight is 329 g/mol. The second-order valence-electron chi connectivity index (χ2n) is 5.07. The maximum absolute atomic E-state index is 12.0. The Kier molecular flexibility index (Phi) is 4.46. The minimum Gasteiger partial charge on any atom is -0.469 e. The average Bonchev–Trinajstić information content (AvgIpc) is 3.30. The van der Waals surface area contributed by atoms with Crippen LogP contribution in [0.25, 0.3) is 0 Å². The van der Waals surface area contributed by atoms with Crippen molar-refractivity contribution < 1.29 is 22.9 Å². The van der Waals surface area contributed by atoms with Gasteiger partial charge in [0.25, 0.3) is 0 Å². The Morgan fingerprint density at radius 3 is 2.29 bits per heavy atom. The predicted octanol–water partition coefficient (Wildman–Crippen LogP) is 2.06. The van der Waals surface area contributed by atoms with Gasteiger partial charge in [0, 0.05) is 12.6 Å². The number of furan rings is 2. The van der Waals surface area contributed by atoms with Gasteiger partial charge in [0.2, 0.25) is 0 Å². The van der Waals surface area contributed by atoms with Gasteiger partial charge in [-0.15, -0.1) is 0 Å². The fourth-order valence-corrected chi connectivity index (χ4v) is 2.19. The zero-order valence-electron chi connectivity index (χ0n) is 12.8. The molecule has 0 fully saturated rings. The van der Waals surface area contributed by atoms with Crippen LogP contribution in [0.1, 0.15) is 23.2 Å². The van der Waals surface area contributed by atoms with Crippen LogP contribution < -0.4 is 10.6 Å². The zero-order chi connectivity index (χ0) is 16.9. The van der Waals surface area contributed by atoms with E-state index in [1.165, 1.54) is 18.6 Å². The Labute approximate surface area is 136 Å². The molecule has 2 amide bonds. The molecule has 0 radical (unpaired) electrons. The van der Waals surface area contributed by atoms with Crippen LogP contribution in [0, 0.1) is 6.92 Å². The fourth-order valence-electron chi connectivity index (χ4n) is 2.19. The zero-order valence-corrected chi connectivity index (χ0v) is 12.8. The van der Waals surface area contributed by atoms with E-state index in [9.17, 15) is 9.59 Å². The lowest BCUT2D eigenvalue weighted by molar-refractivity contribution is -0.136. The number of carbonyl (C=O) groups is 2. The number of nitrogens with one attached hydrogen (secondary N) is 2. The topological polar surface area (TPSA) is 111 Å². The number of aromatic nitrogens is 1. The van der Waals surface area contributed by atoms with Crippen LogP contribution in [0.4, 0.5) is 5.82 Å². The summed E-state index contributed by atoms with van der Waals surface area (Å²) in [4.78, 5) is 23.8. The van der Waals surface area contributed by atoms with Crippen molar-refractivity contribution in [2.24, 2.45) is 0 Å². The summed E-state index contributed by atoms with van der Waals surface area (Å²) in [6.07, 6.45) is 3.07. The Morgan fingerprint density at radius 1 is 1.12 bits per heavy atom. The van der Waals surface area contributed by atoms with E-state index in [4.69, 9.17) is 13.4 Å². The third-order valence-electron chi connectivity index (χ3n) is 3.32. The lowest BCUT2D eigenvalue weighted by Crippen LogP contribution is -2.37. The molecule has 0 aliphatic heterocycles. The van der Waals surface area contributed by atoms with Crippen LogP contribution in [-0.2, 0) is 9.59 Å². The molecule has 0 atom stereocenters. The van der Waals surface area contributed by atoms with Crippen molar-refractivity contribution in [2.75, 3.05) is 11.9 Å². The van der Waals surface area contributed by atoms with Crippen molar-refractivity contribution >= 4 is 17.6 Å². The molecule has 0 saturated heterocycles. The van der Waals surface area contributed by atoms with E-state index in [1.807, 2.05) is 0 Å². The van der Waals surface area contributed by atoms with Crippen LogP contribution >= 0.6 is 0 Å². The Hall–Kier alpha value is -3.29. The van der Waals surface area contributed by atoms with E-state index in [2.05, 4.69) is 15.8 Å². The highest BCUT2D eigenvalue weighted by Crippen LogP contribution is 2.24. The smallest absolute Gasteiger partial charge is 0.314 e. The Morgan fingerprint density at radius 2 is 1.79 bits per heavy atom. The third kappa shape index (κ3) is 3.54. The molecular weight excluding hydrogens is 314 g/mol. The number of amides is 2. The van der Waals surface area contributed by atoms with Gasteiger partial charge >= 0.3 is 11.8 Å².